The topological polar surface area (TPSA) is 36.3 Å². The van der Waals surface area contributed by atoms with E-state index in [-0.39, 0.29) is 12.6 Å². The smallest absolute Gasteiger partial charge is 0.383 e. The number of halogens is 3. The molecule has 0 aromatic heterocycles. The second-order valence-electron chi connectivity index (χ2n) is 3.97. The number of ether oxygens (including phenoxy) is 1. The number of nitrogens with zero attached hydrogens (tertiary/aromatic N) is 2. The highest BCUT2D eigenvalue weighted by Gasteiger charge is 2.41. The molecule has 17 heavy (non-hydrogen) atoms. The van der Waals surface area contributed by atoms with Crippen LogP contribution in [0, 0.1) is 17.2 Å². The van der Waals surface area contributed by atoms with Crippen molar-refractivity contribution in [3.05, 3.63) is 0 Å². The first-order valence-corrected chi connectivity index (χ1v) is 5.56. The first-order valence-electron chi connectivity index (χ1n) is 5.56. The minimum absolute atomic E-state index is 0.00310. The fourth-order valence-electron chi connectivity index (χ4n) is 1.41. The summed E-state index contributed by atoms with van der Waals surface area (Å²) >= 11 is 0. The monoisotopic (exact) mass is 252 g/mol. The molecular weight excluding hydrogens is 233 g/mol. The van der Waals surface area contributed by atoms with Crippen LogP contribution in [-0.4, -0.2) is 43.9 Å². The van der Waals surface area contributed by atoms with Crippen molar-refractivity contribution >= 4 is 0 Å². The zero-order valence-electron chi connectivity index (χ0n) is 10.4. The van der Waals surface area contributed by atoms with E-state index in [1.54, 1.807) is 4.90 Å². The highest BCUT2D eigenvalue weighted by Crippen LogP contribution is 2.27. The Morgan fingerprint density at radius 2 is 2.00 bits per heavy atom. The van der Waals surface area contributed by atoms with Crippen molar-refractivity contribution in [3.8, 4) is 6.07 Å². The van der Waals surface area contributed by atoms with E-state index in [1.165, 1.54) is 13.2 Å². The number of alkyl halides is 3. The van der Waals surface area contributed by atoms with Crippen LogP contribution in [-0.2, 0) is 4.74 Å². The quantitative estimate of drug-likeness (QED) is 0.698. The Bertz CT molecular complexity index is 250. The van der Waals surface area contributed by atoms with Gasteiger partial charge in [-0.1, -0.05) is 6.92 Å². The van der Waals surface area contributed by atoms with Gasteiger partial charge in [-0.3, -0.25) is 4.90 Å². The van der Waals surface area contributed by atoms with E-state index in [0.717, 1.165) is 6.42 Å². The van der Waals surface area contributed by atoms with Crippen LogP contribution in [0.5, 0.6) is 0 Å². The van der Waals surface area contributed by atoms with Crippen molar-refractivity contribution in [2.24, 2.45) is 5.92 Å². The van der Waals surface area contributed by atoms with Gasteiger partial charge in [-0.2, -0.15) is 18.4 Å². The molecule has 0 spiro atoms. The largest absolute Gasteiger partial charge is 0.405 e. The molecule has 0 fully saturated rings. The molecule has 3 nitrogen and oxygen atoms in total. The standard InChI is InChI=1S/C11H19F3N2O/c1-4-9(2)16(5-6-17-3)8-10(7-15)11(12,13)14/h9-10H,4-6,8H2,1-3H3. The lowest BCUT2D eigenvalue weighted by Crippen LogP contribution is -2.42. The van der Waals surface area contributed by atoms with Gasteiger partial charge in [-0.25, -0.2) is 0 Å². The first-order chi connectivity index (χ1) is 7.86. The van der Waals surface area contributed by atoms with Gasteiger partial charge in [-0.05, 0) is 13.3 Å². The predicted octanol–water partition coefficient (Wildman–Crippen LogP) is 2.44. The Morgan fingerprint density at radius 3 is 2.35 bits per heavy atom. The third-order valence-electron chi connectivity index (χ3n) is 2.76. The van der Waals surface area contributed by atoms with E-state index in [0.29, 0.717) is 13.2 Å². The van der Waals surface area contributed by atoms with Gasteiger partial charge in [-0.15, -0.1) is 0 Å². The van der Waals surface area contributed by atoms with Gasteiger partial charge < -0.3 is 4.74 Å². The normalized spacial score (nSPS) is 15.6. The second kappa shape index (κ2) is 7.51. The van der Waals surface area contributed by atoms with E-state index in [9.17, 15) is 13.2 Å². The molecule has 0 rings (SSSR count). The molecule has 0 aromatic carbocycles. The van der Waals surface area contributed by atoms with Crippen LogP contribution in [0.15, 0.2) is 0 Å². The van der Waals surface area contributed by atoms with E-state index in [2.05, 4.69) is 0 Å². The number of hydrogen-bond donors (Lipinski definition) is 0. The summed E-state index contributed by atoms with van der Waals surface area (Å²) in [6, 6.07) is 1.32. The van der Waals surface area contributed by atoms with E-state index >= 15 is 0 Å². The van der Waals surface area contributed by atoms with Crippen LogP contribution in [0.4, 0.5) is 13.2 Å². The summed E-state index contributed by atoms with van der Waals surface area (Å²) in [5, 5.41) is 8.56. The Labute approximate surface area is 100 Å². The Balaban J connectivity index is 4.55. The van der Waals surface area contributed by atoms with Crippen LogP contribution < -0.4 is 0 Å². The molecule has 0 heterocycles. The van der Waals surface area contributed by atoms with E-state index < -0.39 is 12.1 Å². The lowest BCUT2D eigenvalue weighted by molar-refractivity contribution is -0.164. The van der Waals surface area contributed by atoms with Crippen molar-refractivity contribution in [3.63, 3.8) is 0 Å². The van der Waals surface area contributed by atoms with Gasteiger partial charge in [0.15, 0.2) is 5.92 Å². The SMILES string of the molecule is CCC(C)N(CCOC)CC(C#N)C(F)(F)F. The Hall–Kier alpha value is -0.800. The molecule has 0 saturated carbocycles. The minimum Gasteiger partial charge on any atom is -0.383 e. The maximum atomic E-state index is 12.5. The zero-order chi connectivity index (χ0) is 13.5. The molecule has 0 bridgehead atoms. The van der Waals surface area contributed by atoms with E-state index in [1.807, 2.05) is 13.8 Å². The molecule has 6 heteroatoms. The van der Waals surface area contributed by atoms with Gasteiger partial charge in [0, 0.05) is 26.2 Å². The average molecular weight is 252 g/mol. The molecule has 100 valence electrons. The van der Waals surface area contributed by atoms with Crippen LogP contribution in [0.2, 0.25) is 0 Å². The highest BCUT2D eigenvalue weighted by molar-refractivity contribution is 4.91. The molecule has 0 N–H and O–H groups in total. The lowest BCUT2D eigenvalue weighted by Gasteiger charge is -2.30. The van der Waals surface area contributed by atoms with Gasteiger partial charge in [0.1, 0.15) is 0 Å². The van der Waals surface area contributed by atoms with Gasteiger partial charge >= 0.3 is 6.18 Å². The molecule has 0 aromatic rings. The second-order valence-corrected chi connectivity index (χ2v) is 3.97. The van der Waals surface area contributed by atoms with Crippen LogP contribution in [0.3, 0.4) is 0 Å². The fourth-order valence-corrected chi connectivity index (χ4v) is 1.41. The van der Waals surface area contributed by atoms with Crippen molar-refractivity contribution in [1.29, 1.82) is 5.26 Å². The van der Waals surface area contributed by atoms with Gasteiger partial charge in [0.05, 0.1) is 12.7 Å². The van der Waals surface area contributed by atoms with Gasteiger partial charge in [0.2, 0.25) is 0 Å². The first kappa shape index (κ1) is 16.2. The molecule has 0 aliphatic heterocycles. The Kier molecular flexibility index (Phi) is 7.16. The van der Waals surface area contributed by atoms with Gasteiger partial charge in [0.25, 0.3) is 0 Å². The lowest BCUT2D eigenvalue weighted by atomic mass is 10.1. The fraction of sp³-hybridized carbons (Fsp3) is 0.909. The average Bonchev–Trinajstić information content (AvgIpc) is 2.26. The summed E-state index contributed by atoms with van der Waals surface area (Å²) in [6.07, 6.45) is -3.73. The molecular formula is C11H19F3N2O. The highest BCUT2D eigenvalue weighted by atomic mass is 19.4. The molecule has 0 aliphatic carbocycles. The third kappa shape index (κ3) is 5.89. The minimum atomic E-state index is -4.46. The summed E-state index contributed by atoms with van der Waals surface area (Å²) in [5.41, 5.74) is 0. The maximum absolute atomic E-state index is 12.5. The summed E-state index contributed by atoms with van der Waals surface area (Å²) in [7, 11) is 1.50. The molecule has 0 aliphatic rings. The van der Waals surface area contributed by atoms with Crippen LogP contribution >= 0.6 is 0 Å². The predicted molar refractivity (Wildman–Crippen MR) is 58.4 cm³/mol. The molecule has 0 radical (unpaired) electrons. The third-order valence-corrected chi connectivity index (χ3v) is 2.76. The van der Waals surface area contributed by atoms with E-state index in [4.69, 9.17) is 10.00 Å². The van der Waals surface area contributed by atoms with Crippen LogP contribution in [0.25, 0.3) is 0 Å². The van der Waals surface area contributed by atoms with Crippen LogP contribution in [0.1, 0.15) is 20.3 Å². The van der Waals surface area contributed by atoms with Crippen molar-refractivity contribution in [1.82, 2.24) is 4.90 Å². The maximum Gasteiger partial charge on any atom is 0.405 e. The Morgan fingerprint density at radius 1 is 1.41 bits per heavy atom. The summed E-state index contributed by atoms with van der Waals surface area (Å²) < 4.78 is 42.3. The summed E-state index contributed by atoms with van der Waals surface area (Å²) in [5.74, 6) is -1.94. The number of methoxy groups -OCH3 is 1. The molecule has 0 amide bonds. The van der Waals surface area contributed by atoms with Crippen molar-refractivity contribution in [2.75, 3.05) is 26.8 Å². The number of hydrogen-bond acceptors (Lipinski definition) is 3. The summed E-state index contributed by atoms with van der Waals surface area (Å²) in [6.45, 7) is 4.22. The van der Waals surface area contributed by atoms with Crippen molar-refractivity contribution < 1.29 is 17.9 Å². The number of rotatable bonds is 7. The zero-order valence-corrected chi connectivity index (χ0v) is 10.4. The number of nitriles is 1. The molecule has 2 atom stereocenters. The molecule has 2 unspecified atom stereocenters. The van der Waals surface area contributed by atoms with Crippen molar-refractivity contribution in [2.45, 2.75) is 32.5 Å². The summed E-state index contributed by atoms with van der Waals surface area (Å²) in [4.78, 5) is 1.64. The molecule has 0 saturated heterocycles.